The molecule has 7 heteroatoms. The molecule has 5 rings (SSSR count). The summed E-state index contributed by atoms with van der Waals surface area (Å²) in [4.78, 5) is 9.02. The largest absolute Gasteiger partial charge is 0.474 e. The molecule has 0 radical (unpaired) electrons. The van der Waals surface area contributed by atoms with Gasteiger partial charge in [-0.25, -0.2) is 9.67 Å². The minimum Gasteiger partial charge on any atom is -0.474 e. The van der Waals surface area contributed by atoms with Crippen molar-refractivity contribution >= 4 is 10.9 Å². The van der Waals surface area contributed by atoms with Crippen LogP contribution in [-0.4, -0.2) is 50.2 Å². The number of nitrogens with one attached hydrogen (secondary N) is 1. The Morgan fingerprint density at radius 1 is 1.10 bits per heavy atom. The van der Waals surface area contributed by atoms with Crippen molar-refractivity contribution in [2.75, 3.05) is 13.1 Å². The van der Waals surface area contributed by atoms with Gasteiger partial charge in [-0.1, -0.05) is 0 Å². The second-order valence-electron chi connectivity index (χ2n) is 8.32. The molecule has 2 N–H and O–H groups in total. The van der Waals surface area contributed by atoms with Crippen LogP contribution in [0.3, 0.4) is 0 Å². The molecule has 7 nitrogen and oxygen atoms in total. The quantitative estimate of drug-likeness (QED) is 0.709. The number of hydrogen-bond acceptors (Lipinski definition) is 6. The summed E-state index contributed by atoms with van der Waals surface area (Å²) >= 11 is 0. The monoisotopic (exact) mass is 393 g/mol. The van der Waals surface area contributed by atoms with Gasteiger partial charge in [0.2, 0.25) is 5.88 Å². The van der Waals surface area contributed by atoms with Crippen molar-refractivity contribution in [2.45, 2.75) is 57.7 Å². The summed E-state index contributed by atoms with van der Waals surface area (Å²) in [5.74, 6) is 2.48. The summed E-state index contributed by atoms with van der Waals surface area (Å²) in [5.41, 5.74) is 3.80. The molecule has 152 valence electrons. The minimum absolute atomic E-state index is 0.0238. The zero-order valence-corrected chi connectivity index (χ0v) is 16.9. The molecule has 3 aromatic rings. The number of piperidine rings is 1. The second kappa shape index (κ2) is 7.39. The summed E-state index contributed by atoms with van der Waals surface area (Å²) < 4.78 is 7.82. The van der Waals surface area contributed by atoms with Crippen LogP contribution in [0.4, 0.5) is 0 Å². The Bertz CT molecular complexity index is 1040. The van der Waals surface area contributed by atoms with Gasteiger partial charge in [0.25, 0.3) is 0 Å². The molecule has 2 fully saturated rings. The minimum atomic E-state index is -0.255. The Labute approximate surface area is 170 Å². The van der Waals surface area contributed by atoms with Crippen molar-refractivity contribution in [1.29, 1.82) is 0 Å². The van der Waals surface area contributed by atoms with Crippen molar-refractivity contribution in [3.63, 3.8) is 0 Å². The summed E-state index contributed by atoms with van der Waals surface area (Å²) in [5, 5.41) is 18.7. The highest BCUT2D eigenvalue weighted by molar-refractivity contribution is 5.82. The highest BCUT2D eigenvalue weighted by Gasteiger charge is 2.29. The molecule has 2 aromatic heterocycles. The molecule has 2 aliphatic rings. The SMILES string of the molecule is Cc1nc(OC2CC(O)C2)cc(-n2ncc3cc(C)c(C4CCNCC4)cc32)n1. The summed E-state index contributed by atoms with van der Waals surface area (Å²) in [6, 6.07) is 6.36. The highest BCUT2D eigenvalue weighted by atomic mass is 16.5. The maximum atomic E-state index is 9.50. The van der Waals surface area contributed by atoms with Gasteiger partial charge in [0.1, 0.15) is 11.9 Å². The Morgan fingerprint density at radius 2 is 1.90 bits per heavy atom. The number of ether oxygens (including phenoxy) is 1. The van der Waals surface area contributed by atoms with Crippen LogP contribution in [0.15, 0.2) is 24.4 Å². The van der Waals surface area contributed by atoms with E-state index in [1.165, 1.54) is 24.0 Å². The first-order valence-electron chi connectivity index (χ1n) is 10.5. The number of aryl methyl sites for hydroxylation is 2. The first-order valence-corrected chi connectivity index (χ1v) is 10.5. The van der Waals surface area contributed by atoms with Gasteiger partial charge in [-0.05, 0) is 69.0 Å². The number of fused-ring (bicyclic) bond motifs is 1. The van der Waals surface area contributed by atoms with Crippen molar-refractivity contribution in [3.05, 3.63) is 41.3 Å². The summed E-state index contributed by atoms with van der Waals surface area (Å²) in [6.07, 6.45) is 5.31. The van der Waals surface area contributed by atoms with Crippen LogP contribution in [0.2, 0.25) is 0 Å². The van der Waals surface area contributed by atoms with E-state index in [1.807, 2.05) is 23.9 Å². The number of aromatic nitrogens is 4. The summed E-state index contributed by atoms with van der Waals surface area (Å²) in [6.45, 7) is 6.20. The van der Waals surface area contributed by atoms with Crippen molar-refractivity contribution < 1.29 is 9.84 Å². The average molecular weight is 393 g/mol. The van der Waals surface area contributed by atoms with Crippen molar-refractivity contribution in [3.8, 4) is 11.7 Å². The van der Waals surface area contributed by atoms with E-state index >= 15 is 0 Å². The third-order valence-corrected chi connectivity index (χ3v) is 6.11. The first-order chi connectivity index (χ1) is 14.1. The van der Waals surface area contributed by atoms with E-state index in [-0.39, 0.29) is 12.2 Å². The molecule has 1 saturated heterocycles. The van der Waals surface area contributed by atoms with Crippen LogP contribution in [0, 0.1) is 13.8 Å². The number of nitrogens with zero attached hydrogens (tertiary/aromatic N) is 4. The van der Waals surface area contributed by atoms with E-state index in [4.69, 9.17) is 4.74 Å². The molecule has 29 heavy (non-hydrogen) atoms. The van der Waals surface area contributed by atoms with Crippen molar-refractivity contribution in [1.82, 2.24) is 25.1 Å². The smallest absolute Gasteiger partial charge is 0.219 e. The van der Waals surface area contributed by atoms with Gasteiger partial charge >= 0.3 is 0 Å². The lowest BCUT2D eigenvalue weighted by Crippen LogP contribution is -2.37. The lowest BCUT2D eigenvalue weighted by Gasteiger charge is -2.31. The highest BCUT2D eigenvalue weighted by Crippen LogP contribution is 2.32. The zero-order chi connectivity index (χ0) is 20.0. The van der Waals surface area contributed by atoms with Gasteiger partial charge in [-0.3, -0.25) is 0 Å². The van der Waals surface area contributed by atoms with E-state index in [2.05, 4.69) is 39.4 Å². The molecular weight excluding hydrogens is 366 g/mol. The Kier molecular flexibility index (Phi) is 4.72. The Hall–Kier alpha value is -2.51. The van der Waals surface area contributed by atoms with Crippen LogP contribution >= 0.6 is 0 Å². The first kappa shape index (κ1) is 18.5. The van der Waals surface area contributed by atoms with Crippen LogP contribution in [0.25, 0.3) is 16.7 Å². The van der Waals surface area contributed by atoms with E-state index in [1.54, 1.807) is 0 Å². The molecule has 1 saturated carbocycles. The number of benzene rings is 1. The van der Waals surface area contributed by atoms with Crippen LogP contribution < -0.4 is 10.1 Å². The predicted molar refractivity (Wildman–Crippen MR) is 111 cm³/mol. The van der Waals surface area contributed by atoms with Crippen LogP contribution in [0.5, 0.6) is 5.88 Å². The molecule has 1 aliphatic heterocycles. The predicted octanol–water partition coefficient (Wildman–Crippen LogP) is 2.80. The standard InChI is InChI=1S/C22H27N5O2/c1-13-7-16-12-24-27(20(16)10-19(13)15-3-5-23-6-4-15)21-11-22(26-14(2)25-21)29-18-8-17(28)9-18/h7,10-12,15,17-18,23,28H,3-6,8-9H2,1-2H3. The van der Waals surface area contributed by atoms with Crippen molar-refractivity contribution in [2.24, 2.45) is 0 Å². The molecular formula is C22H27N5O2. The molecule has 0 bridgehead atoms. The van der Waals surface area contributed by atoms with Crippen LogP contribution in [0.1, 0.15) is 48.6 Å². The van der Waals surface area contributed by atoms with Gasteiger partial charge in [-0.15, -0.1) is 0 Å². The maximum Gasteiger partial charge on any atom is 0.219 e. The van der Waals surface area contributed by atoms with Gasteiger partial charge in [0.05, 0.1) is 17.8 Å². The van der Waals surface area contributed by atoms with Gasteiger partial charge in [0.15, 0.2) is 5.82 Å². The third-order valence-electron chi connectivity index (χ3n) is 6.11. The number of hydrogen-bond donors (Lipinski definition) is 2. The lowest BCUT2D eigenvalue weighted by atomic mass is 9.87. The molecule has 1 aliphatic carbocycles. The molecule has 1 aromatic carbocycles. The lowest BCUT2D eigenvalue weighted by molar-refractivity contribution is -0.0129. The van der Waals surface area contributed by atoms with E-state index in [0.29, 0.717) is 36.3 Å². The van der Waals surface area contributed by atoms with Gasteiger partial charge in [0, 0.05) is 24.3 Å². The normalized spacial score (nSPS) is 22.6. The van der Waals surface area contributed by atoms with Gasteiger partial charge < -0.3 is 15.2 Å². The fourth-order valence-electron chi connectivity index (χ4n) is 4.46. The molecule has 0 atom stereocenters. The van der Waals surface area contributed by atoms with E-state index < -0.39 is 0 Å². The molecule has 3 heterocycles. The molecule has 0 unspecified atom stereocenters. The fourth-order valence-corrected chi connectivity index (χ4v) is 4.46. The summed E-state index contributed by atoms with van der Waals surface area (Å²) in [7, 11) is 0. The second-order valence-corrected chi connectivity index (χ2v) is 8.32. The molecule has 0 amide bonds. The Balaban J connectivity index is 1.52. The zero-order valence-electron chi connectivity index (χ0n) is 16.9. The van der Waals surface area contributed by atoms with E-state index in [9.17, 15) is 5.11 Å². The van der Waals surface area contributed by atoms with Crippen LogP contribution in [-0.2, 0) is 0 Å². The van der Waals surface area contributed by atoms with Gasteiger partial charge in [-0.2, -0.15) is 10.1 Å². The average Bonchev–Trinajstić information content (AvgIpc) is 3.09. The molecule has 0 spiro atoms. The number of rotatable bonds is 4. The topological polar surface area (TPSA) is 85.1 Å². The number of aliphatic hydroxyl groups excluding tert-OH is 1. The maximum absolute atomic E-state index is 9.50. The Morgan fingerprint density at radius 3 is 2.66 bits per heavy atom. The third kappa shape index (κ3) is 3.60. The van der Waals surface area contributed by atoms with E-state index in [0.717, 1.165) is 24.0 Å². The number of aliphatic hydroxyl groups is 1. The fraction of sp³-hybridized carbons (Fsp3) is 0.500.